The molecule has 4 nitrogen and oxygen atoms in total. The van der Waals surface area contributed by atoms with Crippen LogP contribution in [0.2, 0.25) is 0 Å². The summed E-state index contributed by atoms with van der Waals surface area (Å²) in [7, 11) is 2.09. The van der Waals surface area contributed by atoms with Gasteiger partial charge in [-0.2, -0.15) is 0 Å². The van der Waals surface area contributed by atoms with Gasteiger partial charge in [-0.3, -0.25) is 9.59 Å². The lowest BCUT2D eigenvalue weighted by Gasteiger charge is -2.30. The number of benzene rings is 2. The van der Waals surface area contributed by atoms with Gasteiger partial charge in [-0.05, 0) is 49.6 Å². The van der Waals surface area contributed by atoms with E-state index in [0.717, 1.165) is 18.5 Å². The van der Waals surface area contributed by atoms with E-state index in [1.807, 2.05) is 0 Å². The monoisotopic (exact) mass is 337 g/mol. The molecule has 0 radical (unpaired) electrons. The van der Waals surface area contributed by atoms with E-state index in [-0.39, 0.29) is 11.7 Å². The second-order valence-corrected chi connectivity index (χ2v) is 6.85. The molecule has 130 valence electrons. The lowest BCUT2D eigenvalue weighted by Crippen LogP contribution is -3.10. The highest BCUT2D eigenvalue weighted by molar-refractivity contribution is 5.95. The number of anilines is 1. The van der Waals surface area contributed by atoms with E-state index >= 15 is 0 Å². The first-order chi connectivity index (χ1) is 12.0. The smallest absolute Gasteiger partial charge is 0.279 e. The van der Waals surface area contributed by atoms with Crippen molar-refractivity contribution in [3.05, 3.63) is 65.2 Å². The predicted octanol–water partition coefficient (Wildman–Crippen LogP) is 2.42. The average molecular weight is 337 g/mol. The van der Waals surface area contributed by atoms with Crippen molar-refractivity contribution in [3.63, 3.8) is 0 Å². The highest BCUT2D eigenvalue weighted by Crippen LogP contribution is 2.27. The Balaban J connectivity index is 1.62. The number of rotatable bonds is 5. The van der Waals surface area contributed by atoms with Crippen molar-refractivity contribution in [1.82, 2.24) is 0 Å². The topological polar surface area (TPSA) is 50.6 Å². The maximum atomic E-state index is 12.4. The molecule has 1 unspecified atom stereocenters. The Morgan fingerprint density at radius 2 is 1.84 bits per heavy atom. The molecule has 1 aliphatic carbocycles. The number of amides is 1. The number of aryl methyl sites for hydroxylation is 1. The maximum Gasteiger partial charge on any atom is 0.279 e. The van der Waals surface area contributed by atoms with Crippen molar-refractivity contribution in [3.8, 4) is 0 Å². The highest BCUT2D eigenvalue weighted by atomic mass is 16.2. The van der Waals surface area contributed by atoms with E-state index in [9.17, 15) is 9.59 Å². The van der Waals surface area contributed by atoms with Crippen molar-refractivity contribution >= 4 is 17.4 Å². The normalized spacial score (nSPS) is 17.4. The summed E-state index contributed by atoms with van der Waals surface area (Å²) in [5.74, 6) is 0.0224. The Morgan fingerprint density at radius 1 is 1.12 bits per heavy atom. The summed E-state index contributed by atoms with van der Waals surface area (Å²) < 4.78 is 0. The summed E-state index contributed by atoms with van der Waals surface area (Å²) >= 11 is 0. The van der Waals surface area contributed by atoms with Crippen LogP contribution in [0.1, 0.15) is 47.3 Å². The first kappa shape index (κ1) is 17.4. The Morgan fingerprint density at radius 3 is 2.56 bits per heavy atom. The molecule has 3 rings (SSSR count). The van der Waals surface area contributed by atoms with Gasteiger partial charge in [0.05, 0.1) is 7.05 Å². The van der Waals surface area contributed by atoms with Crippen LogP contribution in [-0.2, 0) is 11.2 Å². The third kappa shape index (κ3) is 4.15. The fraction of sp³-hybridized carbons (Fsp3) is 0.333. The quantitative estimate of drug-likeness (QED) is 0.823. The number of likely N-dealkylation sites (N-methyl/N-ethyl adjacent to an activating group) is 1. The molecule has 0 spiro atoms. The molecule has 0 saturated heterocycles. The van der Waals surface area contributed by atoms with Crippen molar-refractivity contribution < 1.29 is 14.5 Å². The number of nitrogens with one attached hydrogen (secondary N) is 2. The van der Waals surface area contributed by atoms with E-state index < -0.39 is 0 Å². The molecular weight excluding hydrogens is 312 g/mol. The maximum absolute atomic E-state index is 12.4. The molecule has 0 saturated carbocycles. The number of carbonyl (C=O) groups excluding carboxylic acids is 2. The first-order valence-corrected chi connectivity index (χ1v) is 8.85. The molecule has 1 aliphatic rings. The molecule has 0 heterocycles. The lowest BCUT2D eigenvalue weighted by atomic mass is 9.87. The van der Waals surface area contributed by atoms with Crippen LogP contribution >= 0.6 is 0 Å². The molecule has 0 fully saturated rings. The number of fused-ring (bicyclic) bond motifs is 1. The Labute approximate surface area is 148 Å². The van der Waals surface area contributed by atoms with Crippen LogP contribution in [0.5, 0.6) is 0 Å². The van der Waals surface area contributed by atoms with Gasteiger partial charge in [0.15, 0.2) is 12.3 Å². The van der Waals surface area contributed by atoms with Gasteiger partial charge in [0.1, 0.15) is 6.04 Å². The van der Waals surface area contributed by atoms with Gasteiger partial charge in [0, 0.05) is 23.2 Å². The van der Waals surface area contributed by atoms with E-state index in [4.69, 9.17) is 0 Å². The summed E-state index contributed by atoms with van der Waals surface area (Å²) in [4.78, 5) is 24.9. The highest BCUT2D eigenvalue weighted by Gasteiger charge is 2.27. The molecule has 25 heavy (non-hydrogen) atoms. The van der Waals surface area contributed by atoms with Crippen LogP contribution in [0, 0.1) is 0 Å². The lowest BCUT2D eigenvalue weighted by molar-refractivity contribution is -0.905. The second kappa shape index (κ2) is 7.62. The van der Waals surface area contributed by atoms with Crippen molar-refractivity contribution in [2.45, 2.75) is 32.2 Å². The van der Waals surface area contributed by atoms with Gasteiger partial charge < -0.3 is 10.2 Å². The largest absolute Gasteiger partial charge is 0.323 e. The van der Waals surface area contributed by atoms with Crippen LogP contribution < -0.4 is 10.2 Å². The van der Waals surface area contributed by atoms with Crippen molar-refractivity contribution in [2.24, 2.45) is 0 Å². The molecule has 4 heteroatoms. The van der Waals surface area contributed by atoms with E-state index in [1.54, 1.807) is 24.3 Å². The summed E-state index contributed by atoms with van der Waals surface area (Å²) in [6.45, 7) is 1.96. The van der Waals surface area contributed by atoms with Gasteiger partial charge in [0.2, 0.25) is 0 Å². The molecule has 0 aliphatic heterocycles. The van der Waals surface area contributed by atoms with E-state index in [1.165, 1.54) is 29.4 Å². The number of quaternary nitrogens is 1. The minimum Gasteiger partial charge on any atom is -0.323 e. The Kier molecular flexibility index (Phi) is 5.29. The molecule has 1 amide bonds. The van der Waals surface area contributed by atoms with Crippen LogP contribution in [0.4, 0.5) is 5.69 Å². The molecular formula is C21H25N2O2+. The van der Waals surface area contributed by atoms with Crippen molar-refractivity contribution in [1.29, 1.82) is 0 Å². The zero-order chi connectivity index (χ0) is 17.8. The summed E-state index contributed by atoms with van der Waals surface area (Å²) in [5, 5.41) is 2.93. The molecule has 2 aromatic carbocycles. The van der Waals surface area contributed by atoms with Crippen LogP contribution in [-0.4, -0.2) is 25.3 Å². The number of carbonyl (C=O) groups is 2. The number of Topliss-reactive ketones (excluding diaryl/α,β-unsaturated/α-hetero) is 1. The number of ketones is 1. The first-order valence-electron chi connectivity index (χ1n) is 8.85. The SMILES string of the molecule is CC(=O)c1ccc(NC(=O)C[NH+](C)[C@H]2CCCc3ccccc32)cc1. The molecule has 0 aromatic heterocycles. The standard InChI is InChI=1S/C21H24N2O2/c1-15(24)16-10-12-18(13-11-16)22-21(25)14-23(2)20-9-5-7-17-6-3-4-8-19(17)20/h3-4,6,8,10-13,20H,5,7,9,14H2,1-2H3,(H,22,25)/p+1/t20-/m0/s1. The summed E-state index contributed by atoms with van der Waals surface area (Å²) in [5.41, 5.74) is 4.18. The van der Waals surface area contributed by atoms with E-state index in [0.29, 0.717) is 18.2 Å². The molecule has 2 aromatic rings. The van der Waals surface area contributed by atoms with Crippen LogP contribution in [0.3, 0.4) is 0 Å². The summed E-state index contributed by atoms with van der Waals surface area (Å²) in [6.07, 6.45) is 3.42. The van der Waals surface area contributed by atoms with Crippen LogP contribution in [0.25, 0.3) is 0 Å². The third-order valence-corrected chi connectivity index (χ3v) is 4.98. The average Bonchev–Trinajstić information content (AvgIpc) is 2.61. The van der Waals surface area contributed by atoms with Gasteiger partial charge in [0.25, 0.3) is 5.91 Å². The Hall–Kier alpha value is -2.46. The molecule has 2 atom stereocenters. The fourth-order valence-electron chi connectivity index (χ4n) is 3.64. The van der Waals surface area contributed by atoms with Crippen molar-refractivity contribution in [2.75, 3.05) is 18.9 Å². The number of hydrogen-bond acceptors (Lipinski definition) is 2. The second-order valence-electron chi connectivity index (χ2n) is 6.85. The van der Waals surface area contributed by atoms with Gasteiger partial charge in [-0.15, -0.1) is 0 Å². The molecule has 2 N–H and O–H groups in total. The minimum atomic E-state index is -0.00358. The minimum absolute atomic E-state index is 0.00358. The van der Waals surface area contributed by atoms with Gasteiger partial charge >= 0.3 is 0 Å². The zero-order valence-electron chi connectivity index (χ0n) is 14.8. The van der Waals surface area contributed by atoms with Gasteiger partial charge in [-0.1, -0.05) is 24.3 Å². The number of hydrogen-bond donors (Lipinski definition) is 2. The van der Waals surface area contributed by atoms with E-state index in [2.05, 4.69) is 36.6 Å². The Bertz CT molecular complexity index is 768. The fourth-order valence-corrected chi connectivity index (χ4v) is 3.64. The summed E-state index contributed by atoms with van der Waals surface area (Å²) in [6, 6.07) is 16.0. The zero-order valence-corrected chi connectivity index (χ0v) is 14.8. The van der Waals surface area contributed by atoms with Gasteiger partial charge in [-0.25, -0.2) is 0 Å². The molecule has 0 bridgehead atoms. The predicted molar refractivity (Wildman–Crippen MR) is 99.0 cm³/mol. The van der Waals surface area contributed by atoms with Crippen LogP contribution in [0.15, 0.2) is 48.5 Å². The third-order valence-electron chi connectivity index (χ3n) is 4.98.